The lowest BCUT2D eigenvalue weighted by atomic mass is 10.1. The molecule has 106 valence electrons. The van der Waals surface area contributed by atoms with Gasteiger partial charge in [0.2, 0.25) is 0 Å². The van der Waals surface area contributed by atoms with Crippen LogP contribution < -0.4 is 10.1 Å². The van der Waals surface area contributed by atoms with Crippen LogP contribution in [0.4, 0.5) is 4.39 Å². The van der Waals surface area contributed by atoms with Gasteiger partial charge in [0, 0.05) is 11.1 Å². The van der Waals surface area contributed by atoms with Gasteiger partial charge >= 0.3 is 0 Å². The Bertz CT molecular complexity index is 615. The molecule has 0 radical (unpaired) electrons. The lowest BCUT2D eigenvalue weighted by molar-refractivity contribution is 0.438. The maximum absolute atomic E-state index is 14.1. The summed E-state index contributed by atoms with van der Waals surface area (Å²) in [6, 6.07) is 10.3. The van der Waals surface area contributed by atoms with Crippen molar-refractivity contribution in [3.05, 3.63) is 58.4 Å². The third-order valence-corrected chi connectivity index (χ3v) is 3.48. The van der Waals surface area contributed by atoms with Gasteiger partial charge in [-0.25, -0.2) is 4.39 Å². The Morgan fingerprint density at radius 3 is 2.45 bits per heavy atom. The highest BCUT2D eigenvalue weighted by molar-refractivity contribution is 6.30. The summed E-state index contributed by atoms with van der Waals surface area (Å²) in [5.41, 5.74) is 1.75. The number of benzene rings is 2. The summed E-state index contributed by atoms with van der Waals surface area (Å²) in [5.74, 6) is 0.434. The molecule has 2 nitrogen and oxygen atoms in total. The SMILES string of the molecule is CNC(C)c1ccc(Oc2ccc(Cl)cc2C)c(F)c1. The standard InChI is InChI=1S/C16H17ClFNO/c1-10-8-13(17)5-7-15(10)20-16-6-4-12(9-14(16)18)11(2)19-3/h4-9,11,19H,1-3H3. The third-order valence-electron chi connectivity index (χ3n) is 3.25. The number of hydrogen-bond donors (Lipinski definition) is 1. The summed E-state index contributed by atoms with van der Waals surface area (Å²) in [4.78, 5) is 0. The van der Waals surface area contributed by atoms with Gasteiger partial charge in [-0.3, -0.25) is 0 Å². The molecule has 0 amide bonds. The van der Waals surface area contributed by atoms with Crippen molar-refractivity contribution in [1.82, 2.24) is 5.32 Å². The van der Waals surface area contributed by atoms with E-state index in [1.807, 2.05) is 27.0 Å². The minimum Gasteiger partial charge on any atom is -0.454 e. The Morgan fingerprint density at radius 1 is 1.15 bits per heavy atom. The fourth-order valence-corrected chi connectivity index (χ4v) is 2.11. The zero-order chi connectivity index (χ0) is 14.7. The van der Waals surface area contributed by atoms with Crippen LogP contribution in [0.1, 0.15) is 24.1 Å². The monoisotopic (exact) mass is 293 g/mol. The van der Waals surface area contributed by atoms with Crippen LogP contribution in [-0.2, 0) is 0 Å². The highest BCUT2D eigenvalue weighted by atomic mass is 35.5. The molecule has 0 aliphatic rings. The smallest absolute Gasteiger partial charge is 0.166 e. The van der Waals surface area contributed by atoms with E-state index < -0.39 is 0 Å². The minimum absolute atomic E-state index is 0.0934. The second kappa shape index (κ2) is 6.25. The van der Waals surface area contributed by atoms with E-state index >= 15 is 0 Å². The fourth-order valence-electron chi connectivity index (χ4n) is 1.88. The number of aryl methyl sites for hydroxylation is 1. The van der Waals surface area contributed by atoms with E-state index in [1.54, 1.807) is 24.3 Å². The van der Waals surface area contributed by atoms with E-state index in [1.165, 1.54) is 6.07 Å². The van der Waals surface area contributed by atoms with Crippen LogP contribution in [-0.4, -0.2) is 7.05 Å². The van der Waals surface area contributed by atoms with Crippen LogP contribution in [0, 0.1) is 12.7 Å². The molecule has 0 bridgehead atoms. The van der Waals surface area contributed by atoms with Gasteiger partial charge in [0.15, 0.2) is 11.6 Å². The van der Waals surface area contributed by atoms with E-state index in [-0.39, 0.29) is 17.6 Å². The molecule has 0 saturated carbocycles. The molecular weight excluding hydrogens is 277 g/mol. The van der Waals surface area contributed by atoms with E-state index in [2.05, 4.69) is 5.32 Å². The molecule has 2 rings (SSSR count). The number of ether oxygens (including phenoxy) is 1. The lowest BCUT2D eigenvalue weighted by Gasteiger charge is -2.13. The molecule has 0 saturated heterocycles. The molecule has 2 aromatic carbocycles. The number of nitrogens with one attached hydrogen (secondary N) is 1. The molecule has 0 aliphatic carbocycles. The van der Waals surface area contributed by atoms with Crippen molar-refractivity contribution < 1.29 is 9.13 Å². The Hall–Kier alpha value is -1.58. The van der Waals surface area contributed by atoms with E-state index in [0.717, 1.165) is 11.1 Å². The van der Waals surface area contributed by atoms with Crippen LogP contribution in [0.25, 0.3) is 0 Å². The molecule has 0 aliphatic heterocycles. The van der Waals surface area contributed by atoms with Gasteiger partial charge in [-0.1, -0.05) is 17.7 Å². The summed E-state index contributed by atoms with van der Waals surface area (Å²) >= 11 is 5.89. The average Bonchev–Trinajstić information content (AvgIpc) is 2.42. The van der Waals surface area contributed by atoms with E-state index in [4.69, 9.17) is 16.3 Å². The highest BCUT2D eigenvalue weighted by Crippen LogP contribution is 2.30. The number of hydrogen-bond acceptors (Lipinski definition) is 2. The Kier molecular flexibility index (Phi) is 4.63. The minimum atomic E-state index is -0.376. The Morgan fingerprint density at radius 2 is 1.85 bits per heavy atom. The van der Waals surface area contributed by atoms with Crippen molar-refractivity contribution in [2.45, 2.75) is 19.9 Å². The van der Waals surface area contributed by atoms with Crippen LogP contribution in [0.3, 0.4) is 0 Å². The lowest BCUT2D eigenvalue weighted by Crippen LogP contribution is -2.12. The molecule has 0 aromatic heterocycles. The summed E-state index contributed by atoms with van der Waals surface area (Å²) in [6.45, 7) is 3.84. The molecule has 0 spiro atoms. The zero-order valence-corrected chi connectivity index (χ0v) is 12.5. The predicted octanol–water partition coefficient (Wildman–Crippen LogP) is 4.86. The molecule has 0 heterocycles. The number of rotatable bonds is 4. The second-order valence-electron chi connectivity index (χ2n) is 4.71. The van der Waals surface area contributed by atoms with Gasteiger partial charge < -0.3 is 10.1 Å². The highest BCUT2D eigenvalue weighted by Gasteiger charge is 2.10. The molecule has 1 N–H and O–H groups in total. The molecule has 0 fully saturated rings. The Labute approximate surface area is 123 Å². The molecule has 4 heteroatoms. The first-order valence-corrected chi connectivity index (χ1v) is 6.79. The zero-order valence-electron chi connectivity index (χ0n) is 11.7. The van der Waals surface area contributed by atoms with Crippen LogP contribution >= 0.6 is 11.6 Å². The molecular formula is C16H17ClFNO. The van der Waals surface area contributed by atoms with Crippen LogP contribution in [0.2, 0.25) is 5.02 Å². The van der Waals surface area contributed by atoms with Crippen molar-refractivity contribution in [3.8, 4) is 11.5 Å². The average molecular weight is 294 g/mol. The van der Waals surface area contributed by atoms with Gasteiger partial charge in [-0.15, -0.1) is 0 Å². The predicted molar refractivity (Wildman–Crippen MR) is 80.1 cm³/mol. The molecule has 1 atom stereocenters. The van der Waals surface area contributed by atoms with Gasteiger partial charge in [0.25, 0.3) is 0 Å². The first-order chi connectivity index (χ1) is 9.51. The van der Waals surface area contributed by atoms with Crippen LogP contribution in [0.5, 0.6) is 11.5 Å². The summed E-state index contributed by atoms with van der Waals surface area (Å²) in [5, 5.41) is 3.70. The van der Waals surface area contributed by atoms with Crippen molar-refractivity contribution in [2.24, 2.45) is 0 Å². The normalized spacial score (nSPS) is 12.2. The van der Waals surface area contributed by atoms with Gasteiger partial charge in [0.05, 0.1) is 0 Å². The van der Waals surface area contributed by atoms with Gasteiger partial charge in [-0.2, -0.15) is 0 Å². The van der Waals surface area contributed by atoms with E-state index in [0.29, 0.717) is 10.8 Å². The summed E-state index contributed by atoms with van der Waals surface area (Å²) in [7, 11) is 1.84. The second-order valence-corrected chi connectivity index (χ2v) is 5.15. The third kappa shape index (κ3) is 3.30. The summed E-state index contributed by atoms with van der Waals surface area (Å²) < 4.78 is 19.7. The van der Waals surface area contributed by atoms with Crippen molar-refractivity contribution in [2.75, 3.05) is 7.05 Å². The quantitative estimate of drug-likeness (QED) is 0.869. The number of halogens is 2. The van der Waals surface area contributed by atoms with Gasteiger partial charge in [-0.05, 0) is 62.4 Å². The van der Waals surface area contributed by atoms with Gasteiger partial charge in [0.1, 0.15) is 5.75 Å². The Balaban J connectivity index is 2.25. The van der Waals surface area contributed by atoms with Crippen molar-refractivity contribution in [1.29, 1.82) is 0 Å². The van der Waals surface area contributed by atoms with Crippen LogP contribution in [0.15, 0.2) is 36.4 Å². The van der Waals surface area contributed by atoms with Crippen molar-refractivity contribution in [3.63, 3.8) is 0 Å². The van der Waals surface area contributed by atoms with E-state index in [9.17, 15) is 4.39 Å². The fraction of sp³-hybridized carbons (Fsp3) is 0.250. The first-order valence-electron chi connectivity index (χ1n) is 6.42. The molecule has 1 unspecified atom stereocenters. The molecule has 2 aromatic rings. The largest absolute Gasteiger partial charge is 0.454 e. The topological polar surface area (TPSA) is 21.3 Å². The summed E-state index contributed by atoms with van der Waals surface area (Å²) in [6.07, 6.45) is 0. The van der Waals surface area contributed by atoms with Crippen molar-refractivity contribution >= 4 is 11.6 Å². The first kappa shape index (κ1) is 14.8. The maximum Gasteiger partial charge on any atom is 0.166 e. The maximum atomic E-state index is 14.1. The molecule has 20 heavy (non-hydrogen) atoms.